The van der Waals surface area contributed by atoms with Gasteiger partial charge in [-0.3, -0.25) is 0 Å². The SMILES string of the molecule is Cc1cc(N)c(Cl)cc1N1CC(CO)OCC1C. The fourth-order valence-corrected chi connectivity index (χ4v) is 2.42. The molecule has 1 aromatic rings. The van der Waals surface area contributed by atoms with Gasteiger partial charge in [-0.05, 0) is 31.5 Å². The molecule has 0 radical (unpaired) electrons. The minimum atomic E-state index is -0.142. The maximum Gasteiger partial charge on any atom is 0.0981 e. The normalized spacial score (nSPS) is 24.3. The number of anilines is 2. The number of nitrogen functional groups attached to an aromatic ring is 1. The summed E-state index contributed by atoms with van der Waals surface area (Å²) in [6, 6.07) is 4.03. The van der Waals surface area contributed by atoms with Crippen molar-refractivity contribution in [2.45, 2.75) is 26.0 Å². The summed E-state index contributed by atoms with van der Waals surface area (Å²) in [6.07, 6.45) is -0.142. The van der Waals surface area contributed by atoms with Crippen molar-refractivity contribution in [2.75, 3.05) is 30.4 Å². The average molecular weight is 271 g/mol. The third-order valence-electron chi connectivity index (χ3n) is 3.33. The molecule has 3 N–H and O–H groups in total. The fraction of sp³-hybridized carbons (Fsp3) is 0.538. The smallest absolute Gasteiger partial charge is 0.0981 e. The lowest BCUT2D eigenvalue weighted by atomic mass is 10.1. The molecule has 0 amide bonds. The second-order valence-electron chi connectivity index (χ2n) is 4.80. The van der Waals surface area contributed by atoms with Crippen LogP contribution in [0.15, 0.2) is 12.1 Å². The monoisotopic (exact) mass is 270 g/mol. The molecule has 2 unspecified atom stereocenters. The fourth-order valence-electron chi connectivity index (χ4n) is 2.27. The van der Waals surface area contributed by atoms with E-state index in [1.807, 2.05) is 19.1 Å². The third-order valence-corrected chi connectivity index (χ3v) is 3.66. The molecule has 5 heteroatoms. The van der Waals surface area contributed by atoms with Crippen molar-refractivity contribution in [3.63, 3.8) is 0 Å². The van der Waals surface area contributed by atoms with E-state index in [1.165, 1.54) is 0 Å². The highest BCUT2D eigenvalue weighted by atomic mass is 35.5. The molecule has 4 nitrogen and oxygen atoms in total. The summed E-state index contributed by atoms with van der Waals surface area (Å²) in [4.78, 5) is 2.21. The van der Waals surface area contributed by atoms with Crippen molar-refractivity contribution < 1.29 is 9.84 Å². The van der Waals surface area contributed by atoms with Gasteiger partial charge in [-0.2, -0.15) is 0 Å². The lowest BCUT2D eigenvalue weighted by Crippen LogP contribution is -2.49. The third kappa shape index (κ3) is 2.55. The zero-order chi connectivity index (χ0) is 13.3. The minimum Gasteiger partial charge on any atom is -0.398 e. The Balaban J connectivity index is 2.31. The Morgan fingerprint density at radius 3 is 2.94 bits per heavy atom. The maximum atomic E-state index is 9.21. The number of nitrogens with two attached hydrogens (primary N) is 1. The molecule has 0 bridgehead atoms. The molecule has 1 aliphatic heterocycles. The molecule has 100 valence electrons. The number of benzene rings is 1. The van der Waals surface area contributed by atoms with Crippen molar-refractivity contribution in [3.8, 4) is 0 Å². The summed E-state index contributed by atoms with van der Waals surface area (Å²) in [7, 11) is 0. The van der Waals surface area contributed by atoms with Gasteiger partial charge in [0.2, 0.25) is 0 Å². The number of morpholine rings is 1. The molecule has 18 heavy (non-hydrogen) atoms. The minimum absolute atomic E-state index is 0.0327. The predicted molar refractivity (Wildman–Crippen MR) is 74.2 cm³/mol. The summed E-state index contributed by atoms with van der Waals surface area (Å²) < 4.78 is 5.54. The summed E-state index contributed by atoms with van der Waals surface area (Å²) in [5.74, 6) is 0. The van der Waals surface area contributed by atoms with Crippen molar-refractivity contribution in [3.05, 3.63) is 22.7 Å². The van der Waals surface area contributed by atoms with Crippen LogP contribution in [0.25, 0.3) is 0 Å². The molecule has 1 saturated heterocycles. The van der Waals surface area contributed by atoms with Gasteiger partial charge in [0.15, 0.2) is 0 Å². The van der Waals surface area contributed by atoms with Crippen molar-refractivity contribution in [1.82, 2.24) is 0 Å². The van der Waals surface area contributed by atoms with Crippen LogP contribution in [0.4, 0.5) is 11.4 Å². The van der Waals surface area contributed by atoms with Gasteiger partial charge in [0.05, 0.1) is 30.0 Å². The van der Waals surface area contributed by atoms with Gasteiger partial charge >= 0.3 is 0 Å². The second-order valence-corrected chi connectivity index (χ2v) is 5.21. The van der Waals surface area contributed by atoms with E-state index in [1.54, 1.807) is 0 Å². The number of nitrogens with zero attached hydrogens (tertiary/aromatic N) is 1. The molecule has 1 heterocycles. The van der Waals surface area contributed by atoms with E-state index in [9.17, 15) is 5.11 Å². The molecule has 2 rings (SSSR count). The highest BCUT2D eigenvalue weighted by Crippen LogP contribution is 2.31. The second kappa shape index (κ2) is 5.34. The summed E-state index contributed by atoms with van der Waals surface area (Å²) in [5, 5.41) is 9.78. The first-order chi connectivity index (χ1) is 8.52. The number of hydrogen-bond acceptors (Lipinski definition) is 4. The van der Waals surface area contributed by atoms with Gasteiger partial charge in [0, 0.05) is 18.3 Å². The van der Waals surface area contributed by atoms with Gasteiger partial charge in [-0.1, -0.05) is 11.6 Å². The zero-order valence-electron chi connectivity index (χ0n) is 10.7. The first-order valence-corrected chi connectivity index (χ1v) is 6.45. The molecule has 0 aromatic heterocycles. The standard InChI is InChI=1S/C13H19ClN2O2/c1-8-3-12(15)11(14)4-13(8)16-5-10(6-17)18-7-9(16)2/h3-4,9-10,17H,5-7,15H2,1-2H3. The van der Waals surface area contributed by atoms with Crippen LogP contribution in [0.3, 0.4) is 0 Å². The summed E-state index contributed by atoms with van der Waals surface area (Å²) >= 11 is 6.09. The summed E-state index contributed by atoms with van der Waals surface area (Å²) in [5.41, 5.74) is 8.53. The molecular weight excluding hydrogens is 252 g/mol. The van der Waals surface area contributed by atoms with Crippen molar-refractivity contribution >= 4 is 23.0 Å². The number of aliphatic hydroxyl groups is 1. The van der Waals surface area contributed by atoms with E-state index in [0.717, 1.165) is 11.3 Å². The van der Waals surface area contributed by atoms with Crippen LogP contribution in [-0.2, 0) is 4.74 Å². The molecule has 0 spiro atoms. The first-order valence-electron chi connectivity index (χ1n) is 6.07. The number of ether oxygens (including phenoxy) is 1. The first kappa shape index (κ1) is 13.5. The van der Waals surface area contributed by atoms with E-state index < -0.39 is 0 Å². The highest BCUT2D eigenvalue weighted by molar-refractivity contribution is 6.33. The van der Waals surface area contributed by atoms with Crippen LogP contribution in [0.1, 0.15) is 12.5 Å². The van der Waals surface area contributed by atoms with Crippen LogP contribution < -0.4 is 10.6 Å². The van der Waals surface area contributed by atoms with Crippen LogP contribution in [0, 0.1) is 6.92 Å². The van der Waals surface area contributed by atoms with E-state index in [2.05, 4.69) is 11.8 Å². The Bertz CT molecular complexity index is 439. The largest absolute Gasteiger partial charge is 0.398 e. The van der Waals surface area contributed by atoms with Gasteiger partial charge in [-0.15, -0.1) is 0 Å². The number of hydrogen-bond donors (Lipinski definition) is 2. The Kier molecular flexibility index (Phi) is 4.00. The van der Waals surface area contributed by atoms with Gasteiger partial charge in [-0.25, -0.2) is 0 Å². The van der Waals surface area contributed by atoms with E-state index in [4.69, 9.17) is 22.1 Å². The van der Waals surface area contributed by atoms with E-state index in [0.29, 0.717) is 23.9 Å². The summed E-state index contributed by atoms with van der Waals surface area (Å²) in [6.45, 7) is 5.41. The maximum absolute atomic E-state index is 9.21. The quantitative estimate of drug-likeness (QED) is 0.805. The molecule has 2 atom stereocenters. The Morgan fingerprint density at radius 2 is 2.28 bits per heavy atom. The van der Waals surface area contributed by atoms with Gasteiger partial charge < -0.3 is 20.5 Å². The van der Waals surface area contributed by atoms with E-state index in [-0.39, 0.29) is 18.8 Å². The molecule has 1 aromatic carbocycles. The average Bonchev–Trinajstić information content (AvgIpc) is 2.35. The zero-order valence-corrected chi connectivity index (χ0v) is 11.4. The predicted octanol–water partition coefficient (Wildman–Crippen LogP) is 1.82. The lowest BCUT2D eigenvalue weighted by molar-refractivity contribution is -0.0103. The van der Waals surface area contributed by atoms with Crippen LogP contribution in [-0.4, -0.2) is 37.0 Å². The van der Waals surface area contributed by atoms with Crippen molar-refractivity contribution in [1.29, 1.82) is 0 Å². The number of rotatable bonds is 2. The van der Waals surface area contributed by atoms with Crippen LogP contribution in [0.5, 0.6) is 0 Å². The highest BCUT2D eigenvalue weighted by Gasteiger charge is 2.27. The number of halogens is 1. The van der Waals surface area contributed by atoms with Gasteiger partial charge in [0.25, 0.3) is 0 Å². The Labute approximate surface area is 112 Å². The Morgan fingerprint density at radius 1 is 1.56 bits per heavy atom. The number of aliphatic hydroxyl groups excluding tert-OH is 1. The van der Waals surface area contributed by atoms with E-state index >= 15 is 0 Å². The van der Waals surface area contributed by atoms with Crippen LogP contribution >= 0.6 is 11.6 Å². The molecule has 0 saturated carbocycles. The number of aryl methyl sites for hydroxylation is 1. The van der Waals surface area contributed by atoms with Gasteiger partial charge in [0.1, 0.15) is 0 Å². The molecule has 1 fully saturated rings. The molecule has 0 aliphatic carbocycles. The Hall–Kier alpha value is -0.970. The van der Waals surface area contributed by atoms with Crippen LogP contribution in [0.2, 0.25) is 5.02 Å². The topological polar surface area (TPSA) is 58.7 Å². The molecule has 1 aliphatic rings. The van der Waals surface area contributed by atoms with Crippen molar-refractivity contribution in [2.24, 2.45) is 0 Å². The lowest BCUT2D eigenvalue weighted by Gasteiger charge is -2.40. The molecular formula is C13H19ClN2O2.